The molecule has 1 unspecified atom stereocenters. The summed E-state index contributed by atoms with van der Waals surface area (Å²) in [6.45, 7) is 14.6. The van der Waals surface area contributed by atoms with Gasteiger partial charge in [0, 0.05) is 19.1 Å². The summed E-state index contributed by atoms with van der Waals surface area (Å²) in [6, 6.07) is 0.314. The third-order valence-electron chi connectivity index (χ3n) is 2.66. The van der Waals surface area contributed by atoms with Gasteiger partial charge in [-0.05, 0) is 25.8 Å². The van der Waals surface area contributed by atoms with Gasteiger partial charge in [0.25, 0.3) is 0 Å². The zero-order valence-corrected chi connectivity index (χ0v) is 11.2. The molecule has 0 amide bonds. The highest BCUT2D eigenvalue weighted by molar-refractivity contribution is 4.86. The van der Waals surface area contributed by atoms with E-state index in [-0.39, 0.29) is 5.41 Å². The molecule has 0 heterocycles. The number of nitrogens with zero attached hydrogens (tertiary/aromatic N) is 1. The van der Waals surface area contributed by atoms with Gasteiger partial charge in [0.1, 0.15) is 0 Å². The van der Waals surface area contributed by atoms with Gasteiger partial charge in [-0.15, -0.1) is 0 Å². The van der Waals surface area contributed by atoms with Crippen molar-refractivity contribution in [2.75, 3.05) is 19.6 Å². The van der Waals surface area contributed by atoms with Crippen molar-refractivity contribution in [3.05, 3.63) is 0 Å². The van der Waals surface area contributed by atoms with Crippen LogP contribution in [-0.2, 0) is 0 Å². The molecule has 3 nitrogen and oxygen atoms in total. The molecule has 3 N–H and O–H groups in total. The van der Waals surface area contributed by atoms with E-state index in [2.05, 4.69) is 32.6 Å². The highest BCUT2D eigenvalue weighted by atomic mass is 16.3. The number of rotatable bonds is 5. The smallest absolute Gasteiger partial charge is 0.0718 e. The van der Waals surface area contributed by atoms with Crippen LogP contribution in [0.3, 0.4) is 0 Å². The van der Waals surface area contributed by atoms with E-state index >= 15 is 0 Å². The van der Waals surface area contributed by atoms with Crippen LogP contribution in [-0.4, -0.2) is 41.3 Å². The van der Waals surface area contributed by atoms with E-state index in [0.29, 0.717) is 19.1 Å². The van der Waals surface area contributed by atoms with Gasteiger partial charge in [-0.3, -0.25) is 4.90 Å². The van der Waals surface area contributed by atoms with Crippen LogP contribution in [0.15, 0.2) is 0 Å². The minimum absolute atomic E-state index is 0.149. The largest absolute Gasteiger partial charge is 0.389 e. The summed E-state index contributed by atoms with van der Waals surface area (Å²) in [6.07, 6.45) is 0. The van der Waals surface area contributed by atoms with Crippen LogP contribution in [0.5, 0.6) is 0 Å². The Morgan fingerprint density at radius 3 is 1.87 bits per heavy atom. The maximum atomic E-state index is 9.85. The summed E-state index contributed by atoms with van der Waals surface area (Å²) in [5, 5.41) is 9.85. The first-order valence-electron chi connectivity index (χ1n) is 5.78. The predicted octanol–water partition coefficient (Wildman–Crippen LogP) is 1.45. The van der Waals surface area contributed by atoms with Gasteiger partial charge in [0.05, 0.1) is 5.60 Å². The minimum atomic E-state index is -0.658. The van der Waals surface area contributed by atoms with E-state index in [9.17, 15) is 5.11 Å². The molecule has 0 aliphatic carbocycles. The molecule has 1 atom stereocenters. The Hall–Kier alpha value is -0.120. The summed E-state index contributed by atoms with van der Waals surface area (Å²) in [5.74, 6) is 0. The van der Waals surface area contributed by atoms with Crippen molar-refractivity contribution in [1.29, 1.82) is 0 Å². The Balaban J connectivity index is 4.63. The van der Waals surface area contributed by atoms with Crippen LogP contribution in [0.1, 0.15) is 41.5 Å². The summed E-state index contributed by atoms with van der Waals surface area (Å²) in [4.78, 5) is 2.26. The van der Waals surface area contributed by atoms with Crippen LogP contribution in [0, 0.1) is 5.41 Å². The van der Waals surface area contributed by atoms with Crippen LogP contribution < -0.4 is 5.73 Å². The molecule has 0 aromatic carbocycles. The average Bonchev–Trinajstić information content (AvgIpc) is 1.98. The van der Waals surface area contributed by atoms with Crippen LogP contribution in [0.2, 0.25) is 0 Å². The van der Waals surface area contributed by atoms with Gasteiger partial charge in [-0.25, -0.2) is 0 Å². The monoisotopic (exact) mass is 216 g/mol. The van der Waals surface area contributed by atoms with E-state index < -0.39 is 5.60 Å². The molecule has 0 rings (SSSR count). The van der Waals surface area contributed by atoms with Crippen molar-refractivity contribution in [2.24, 2.45) is 11.1 Å². The molecular weight excluding hydrogens is 188 g/mol. The number of nitrogens with two attached hydrogens (primary N) is 1. The van der Waals surface area contributed by atoms with Gasteiger partial charge >= 0.3 is 0 Å². The van der Waals surface area contributed by atoms with Crippen molar-refractivity contribution in [3.8, 4) is 0 Å². The normalized spacial score (nSPS) is 15.8. The topological polar surface area (TPSA) is 49.5 Å². The number of likely N-dealkylation sites (N-methyl/N-ethyl adjacent to an activating group) is 1. The van der Waals surface area contributed by atoms with Crippen molar-refractivity contribution in [3.63, 3.8) is 0 Å². The molecule has 0 radical (unpaired) electrons. The summed E-state index contributed by atoms with van der Waals surface area (Å²) >= 11 is 0. The fraction of sp³-hybridized carbons (Fsp3) is 1.00. The van der Waals surface area contributed by atoms with Crippen LogP contribution in [0.4, 0.5) is 0 Å². The van der Waals surface area contributed by atoms with Gasteiger partial charge in [0.15, 0.2) is 0 Å². The maximum Gasteiger partial charge on any atom is 0.0718 e. The quantitative estimate of drug-likeness (QED) is 0.731. The van der Waals surface area contributed by atoms with Gasteiger partial charge in [-0.1, -0.05) is 27.7 Å². The molecule has 0 fully saturated rings. The zero-order valence-electron chi connectivity index (χ0n) is 11.2. The lowest BCUT2D eigenvalue weighted by Crippen LogP contribution is -2.52. The molecule has 3 heteroatoms. The first-order chi connectivity index (χ1) is 6.61. The Morgan fingerprint density at radius 1 is 1.20 bits per heavy atom. The van der Waals surface area contributed by atoms with Crippen LogP contribution >= 0.6 is 0 Å². The molecule has 0 bridgehead atoms. The van der Waals surface area contributed by atoms with Crippen LogP contribution in [0.25, 0.3) is 0 Å². The second-order valence-corrected chi connectivity index (χ2v) is 5.99. The molecule has 0 aromatic heterocycles. The van der Waals surface area contributed by atoms with E-state index in [1.54, 1.807) is 0 Å². The standard InChI is InChI=1S/C12H28N2O/c1-7-14(9-12(5,6)15)10(8-13)11(2,3)4/h10,15H,7-9,13H2,1-6H3. The second-order valence-electron chi connectivity index (χ2n) is 5.99. The number of hydrogen-bond acceptors (Lipinski definition) is 3. The summed E-state index contributed by atoms with van der Waals surface area (Å²) < 4.78 is 0. The van der Waals surface area contributed by atoms with Gasteiger partial charge in [-0.2, -0.15) is 0 Å². The van der Waals surface area contributed by atoms with Crippen molar-refractivity contribution in [2.45, 2.75) is 53.2 Å². The first kappa shape index (κ1) is 14.9. The fourth-order valence-corrected chi connectivity index (χ4v) is 1.99. The molecule has 0 aliphatic heterocycles. The highest BCUT2D eigenvalue weighted by Crippen LogP contribution is 2.24. The zero-order chi connectivity index (χ0) is 12.3. The van der Waals surface area contributed by atoms with Gasteiger partial charge in [0.2, 0.25) is 0 Å². The fourth-order valence-electron chi connectivity index (χ4n) is 1.99. The highest BCUT2D eigenvalue weighted by Gasteiger charge is 2.31. The van der Waals surface area contributed by atoms with E-state index in [4.69, 9.17) is 5.73 Å². The Morgan fingerprint density at radius 2 is 1.67 bits per heavy atom. The summed E-state index contributed by atoms with van der Waals surface area (Å²) in [5.41, 5.74) is 5.32. The predicted molar refractivity (Wildman–Crippen MR) is 65.8 cm³/mol. The second kappa shape index (κ2) is 5.28. The summed E-state index contributed by atoms with van der Waals surface area (Å²) in [7, 11) is 0. The molecular formula is C12H28N2O. The maximum absolute atomic E-state index is 9.85. The van der Waals surface area contributed by atoms with E-state index in [0.717, 1.165) is 6.54 Å². The first-order valence-corrected chi connectivity index (χ1v) is 5.78. The Bertz CT molecular complexity index is 179. The lowest BCUT2D eigenvalue weighted by atomic mass is 9.85. The van der Waals surface area contributed by atoms with Crippen molar-refractivity contribution in [1.82, 2.24) is 4.90 Å². The molecule has 0 saturated carbocycles. The van der Waals surface area contributed by atoms with E-state index in [1.165, 1.54) is 0 Å². The molecule has 0 saturated heterocycles. The third-order valence-corrected chi connectivity index (χ3v) is 2.66. The lowest BCUT2D eigenvalue weighted by Gasteiger charge is -2.41. The molecule has 0 aliphatic rings. The third kappa shape index (κ3) is 5.50. The molecule has 92 valence electrons. The average molecular weight is 216 g/mol. The van der Waals surface area contributed by atoms with E-state index in [1.807, 2.05) is 13.8 Å². The number of hydrogen-bond donors (Lipinski definition) is 2. The minimum Gasteiger partial charge on any atom is -0.389 e. The molecule has 15 heavy (non-hydrogen) atoms. The Kier molecular flexibility index (Phi) is 5.24. The van der Waals surface area contributed by atoms with Gasteiger partial charge < -0.3 is 10.8 Å². The van der Waals surface area contributed by atoms with Crippen molar-refractivity contribution >= 4 is 0 Å². The SMILES string of the molecule is CCN(CC(C)(C)O)C(CN)C(C)(C)C. The number of aliphatic hydroxyl groups is 1. The molecule has 0 aromatic rings. The van der Waals surface area contributed by atoms with Crippen molar-refractivity contribution < 1.29 is 5.11 Å². The molecule has 0 spiro atoms. The Labute approximate surface area is 94.6 Å². The lowest BCUT2D eigenvalue weighted by molar-refractivity contribution is 0.00273.